The maximum absolute atomic E-state index is 3.86. The summed E-state index contributed by atoms with van der Waals surface area (Å²) in [4.78, 5) is 4.15. The quantitative estimate of drug-likeness (QED) is 0.428. The van der Waals surface area contributed by atoms with Crippen molar-refractivity contribution in [1.29, 1.82) is 0 Å². The molecular weight excluding hydrogens is 458 g/mol. The summed E-state index contributed by atoms with van der Waals surface area (Å²) in [6.07, 6.45) is 1.16. The average molecular weight is 485 g/mol. The van der Waals surface area contributed by atoms with E-state index in [0.717, 1.165) is 13.0 Å². The molecule has 0 fully saturated rings. The van der Waals surface area contributed by atoms with Crippen LogP contribution in [0.15, 0.2) is 30.6 Å². The van der Waals surface area contributed by atoms with E-state index in [1.165, 1.54) is 52.9 Å². The number of nitrogens with zero attached hydrogens (tertiary/aromatic N) is 1. The molecule has 1 heterocycles. The predicted octanol–water partition coefficient (Wildman–Crippen LogP) is 7.45. The lowest BCUT2D eigenvalue weighted by atomic mass is 9.87. The molecule has 25 heavy (non-hydrogen) atoms. The normalized spacial score (nSPS) is 23.2. The minimum absolute atomic E-state index is 0.456. The Morgan fingerprint density at radius 1 is 0.920 bits per heavy atom. The molecule has 4 heteroatoms. The Balaban J connectivity index is 2.31. The number of benzene rings is 1. The maximum atomic E-state index is 3.86. The molecule has 0 saturated heterocycles. The van der Waals surface area contributed by atoms with Gasteiger partial charge in [-0.25, -0.2) is 0 Å². The summed E-state index contributed by atoms with van der Waals surface area (Å²) in [6, 6.07) is 0.456. The monoisotopic (exact) mass is 483 g/mol. The topological polar surface area (TPSA) is 3.24 Å². The van der Waals surface area contributed by atoms with Gasteiger partial charge in [-0.2, -0.15) is 0 Å². The van der Waals surface area contributed by atoms with Crippen molar-refractivity contribution in [2.24, 2.45) is 0 Å². The third-order valence-corrected chi connectivity index (χ3v) is 9.90. The molecule has 1 aliphatic carbocycles. The molecule has 0 radical (unpaired) electrons. The highest BCUT2D eigenvalue weighted by atomic mass is 79.9. The van der Waals surface area contributed by atoms with Gasteiger partial charge in [0.05, 0.1) is 17.0 Å². The predicted molar refractivity (Wildman–Crippen MR) is 119 cm³/mol. The molecular formula is C21H27Br2NS. The SMILES string of the molecule is CCCN1c2c(C)c(C)c(Br)c(C)c2SC2C(C)=C(Br)C(C)=C(C)C21. The van der Waals surface area contributed by atoms with E-state index < -0.39 is 0 Å². The summed E-state index contributed by atoms with van der Waals surface area (Å²) in [5.74, 6) is 0. The van der Waals surface area contributed by atoms with Crippen LogP contribution >= 0.6 is 43.6 Å². The van der Waals surface area contributed by atoms with E-state index in [9.17, 15) is 0 Å². The first-order chi connectivity index (χ1) is 11.7. The summed E-state index contributed by atoms with van der Waals surface area (Å²) >= 11 is 9.76. The number of halogens is 2. The van der Waals surface area contributed by atoms with Gasteiger partial charge in [0.15, 0.2) is 0 Å². The number of thioether (sulfide) groups is 1. The third kappa shape index (κ3) is 2.87. The Morgan fingerprint density at radius 3 is 2.16 bits per heavy atom. The van der Waals surface area contributed by atoms with Crippen LogP contribution in [-0.4, -0.2) is 17.8 Å². The van der Waals surface area contributed by atoms with Crippen LogP contribution in [0, 0.1) is 20.8 Å². The fourth-order valence-electron chi connectivity index (χ4n) is 4.15. The van der Waals surface area contributed by atoms with Gasteiger partial charge in [0.1, 0.15) is 0 Å². The molecule has 1 aromatic carbocycles. The first-order valence-electron chi connectivity index (χ1n) is 8.98. The van der Waals surface area contributed by atoms with E-state index in [0.29, 0.717) is 11.3 Å². The highest BCUT2D eigenvalue weighted by Gasteiger charge is 2.42. The largest absolute Gasteiger partial charge is 0.362 e. The van der Waals surface area contributed by atoms with Crippen molar-refractivity contribution in [1.82, 2.24) is 0 Å². The van der Waals surface area contributed by atoms with Gasteiger partial charge in [-0.1, -0.05) is 38.8 Å². The second-order valence-electron chi connectivity index (χ2n) is 7.35. The zero-order valence-corrected chi connectivity index (χ0v) is 20.2. The van der Waals surface area contributed by atoms with Crippen LogP contribution in [0.25, 0.3) is 0 Å². The molecule has 2 unspecified atom stereocenters. The van der Waals surface area contributed by atoms with E-state index >= 15 is 0 Å². The summed E-state index contributed by atoms with van der Waals surface area (Å²) in [5.41, 5.74) is 10.0. The van der Waals surface area contributed by atoms with Crippen LogP contribution in [0.2, 0.25) is 0 Å². The molecule has 0 bridgehead atoms. The molecule has 0 aromatic heterocycles. The molecule has 2 atom stereocenters. The van der Waals surface area contributed by atoms with Gasteiger partial charge in [0.2, 0.25) is 0 Å². The van der Waals surface area contributed by atoms with Crippen molar-refractivity contribution < 1.29 is 0 Å². The minimum Gasteiger partial charge on any atom is -0.362 e. The van der Waals surface area contributed by atoms with Crippen LogP contribution in [0.5, 0.6) is 0 Å². The van der Waals surface area contributed by atoms with Gasteiger partial charge in [-0.15, -0.1) is 11.8 Å². The van der Waals surface area contributed by atoms with Crippen LogP contribution in [0.3, 0.4) is 0 Å². The smallest absolute Gasteiger partial charge is 0.0666 e. The van der Waals surface area contributed by atoms with Crippen molar-refractivity contribution in [3.63, 3.8) is 0 Å². The Bertz CT molecular complexity index is 807. The molecule has 1 nitrogen and oxygen atoms in total. The Morgan fingerprint density at radius 2 is 1.56 bits per heavy atom. The van der Waals surface area contributed by atoms with E-state index in [-0.39, 0.29) is 0 Å². The molecule has 1 aromatic rings. The highest BCUT2D eigenvalue weighted by Crippen LogP contribution is 2.54. The van der Waals surface area contributed by atoms with Crippen LogP contribution < -0.4 is 4.90 Å². The Labute approximate surface area is 173 Å². The summed E-state index contributed by atoms with van der Waals surface area (Å²) < 4.78 is 2.57. The lowest BCUT2D eigenvalue weighted by molar-refractivity contribution is 0.621. The first kappa shape index (κ1) is 19.6. The van der Waals surface area contributed by atoms with Gasteiger partial charge in [0, 0.05) is 20.4 Å². The van der Waals surface area contributed by atoms with E-state index in [2.05, 4.69) is 97.0 Å². The highest BCUT2D eigenvalue weighted by molar-refractivity contribution is 9.12. The molecule has 0 amide bonds. The van der Waals surface area contributed by atoms with Crippen molar-refractivity contribution in [2.45, 2.75) is 71.1 Å². The molecule has 0 spiro atoms. The molecule has 0 N–H and O–H groups in total. The average Bonchev–Trinajstić information content (AvgIpc) is 2.60. The zero-order valence-electron chi connectivity index (χ0n) is 16.2. The maximum Gasteiger partial charge on any atom is 0.0666 e. The number of fused-ring (bicyclic) bond motifs is 2. The van der Waals surface area contributed by atoms with Crippen molar-refractivity contribution in [2.75, 3.05) is 11.4 Å². The Hall–Kier alpha value is -0.190. The second-order valence-corrected chi connectivity index (χ2v) is 10.1. The second kappa shape index (κ2) is 7.09. The van der Waals surface area contributed by atoms with E-state index in [4.69, 9.17) is 0 Å². The van der Waals surface area contributed by atoms with E-state index in [1.54, 1.807) is 0 Å². The molecule has 136 valence electrons. The third-order valence-electron chi connectivity index (χ3n) is 5.89. The standard InChI is InChI=1S/C21H27Br2NS/c1-8-9-24-18-12(4)10(2)16(22)14(6)20(18)25-21-15(7)17(23)11(3)13(5)19(21)24/h18,20H,8-9H2,1-7H3. The zero-order chi connectivity index (χ0) is 18.6. The van der Waals surface area contributed by atoms with Crippen molar-refractivity contribution in [3.05, 3.63) is 42.4 Å². The van der Waals surface area contributed by atoms with Gasteiger partial charge < -0.3 is 4.90 Å². The summed E-state index contributed by atoms with van der Waals surface area (Å²) in [7, 11) is 0. The minimum atomic E-state index is 0.456. The summed E-state index contributed by atoms with van der Waals surface area (Å²) in [6.45, 7) is 17.1. The number of hydrogen-bond donors (Lipinski definition) is 0. The number of allylic oxidation sites excluding steroid dienone is 2. The van der Waals surface area contributed by atoms with Crippen molar-refractivity contribution >= 4 is 49.3 Å². The van der Waals surface area contributed by atoms with Crippen molar-refractivity contribution in [3.8, 4) is 0 Å². The number of anilines is 1. The van der Waals surface area contributed by atoms with Crippen LogP contribution in [0.1, 0.15) is 50.8 Å². The number of rotatable bonds is 2. The van der Waals surface area contributed by atoms with Crippen LogP contribution in [0.4, 0.5) is 5.69 Å². The molecule has 3 rings (SSSR count). The molecule has 2 aliphatic rings. The van der Waals surface area contributed by atoms with Gasteiger partial charge in [0.25, 0.3) is 0 Å². The fraction of sp³-hybridized carbons (Fsp3) is 0.524. The molecule has 0 saturated carbocycles. The van der Waals surface area contributed by atoms with Gasteiger partial charge in [-0.3, -0.25) is 0 Å². The first-order valence-corrected chi connectivity index (χ1v) is 11.4. The lowest BCUT2D eigenvalue weighted by Gasteiger charge is -2.48. The summed E-state index contributed by atoms with van der Waals surface area (Å²) in [5, 5.41) is 0.477. The van der Waals surface area contributed by atoms with Gasteiger partial charge in [-0.05, 0) is 81.4 Å². The lowest BCUT2D eigenvalue weighted by Crippen LogP contribution is -2.49. The fourth-order valence-corrected chi connectivity index (χ4v) is 7.18. The van der Waals surface area contributed by atoms with Crippen LogP contribution in [-0.2, 0) is 0 Å². The van der Waals surface area contributed by atoms with E-state index in [1.807, 2.05) is 0 Å². The Kier molecular flexibility index (Phi) is 5.55. The number of hydrogen-bond acceptors (Lipinski definition) is 2. The van der Waals surface area contributed by atoms with Gasteiger partial charge >= 0.3 is 0 Å². The molecule has 1 aliphatic heterocycles.